The first kappa shape index (κ1) is 18.9. The van der Waals surface area contributed by atoms with Gasteiger partial charge in [-0.3, -0.25) is 4.79 Å². The third-order valence-corrected chi connectivity index (χ3v) is 4.78. The molecular formula is C21H21N3O5. The molecule has 4 rings (SSSR count). The van der Waals surface area contributed by atoms with E-state index in [1.165, 1.54) is 7.11 Å². The first-order valence-corrected chi connectivity index (χ1v) is 9.21. The smallest absolute Gasteiger partial charge is 0.257 e. The van der Waals surface area contributed by atoms with Crippen molar-refractivity contribution in [2.24, 2.45) is 0 Å². The Morgan fingerprint density at radius 1 is 1.10 bits per heavy atom. The van der Waals surface area contributed by atoms with Crippen LogP contribution in [-0.4, -0.2) is 54.9 Å². The highest BCUT2D eigenvalue weighted by Crippen LogP contribution is 2.31. The summed E-state index contributed by atoms with van der Waals surface area (Å²) in [6.45, 7) is 1.17. The molecule has 1 atom stereocenters. The molecule has 2 aromatic carbocycles. The van der Waals surface area contributed by atoms with Gasteiger partial charge in [0.15, 0.2) is 17.3 Å². The summed E-state index contributed by atoms with van der Waals surface area (Å²) in [4.78, 5) is 19.4. The van der Waals surface area contributed by atoms with Crippen molar-refractivity contribution in [2.75, 3.05) is 34.0 Å². The van der Waals surface area contributed by atoms with Crippen molar-refractivity contribution in [1.29, 1.82) is 0 Å². The highest BCUT2D eigenvalue weighted by molar-refractivity contribution is 5.95. The van der Waals surface area contributed by atoms with E-state index in [0.717, 1.165) is 5.56 Å². The van der Waals surface area contributed by atoms with E-state index in [2.05, 4.69) is 10.1 Å². The van der Waals surface area contributed by atoms with Crippen LogP contribution in [0.5, 0.6) is 11.5 Å². The van der Waals surface area contributed by atoms with Gasteiger partial charge in [0.25, 0.3) is 11.8 Å². The van der Waals surface area contributed by atoms with Gasteiger partial charge < -0.3 is 23.6 Å². The third-order valence-electron chi connectivity index (χ3n) is 4.78. The van der Waals surface area contributed by atoms with Gasteiger partial charge in [0, 0.05) is 17.7 Å². The van der Waals surface area contributed by atoms with E-state index in [1.807, 2.05) is 30.3 Å². The van der Waals surface area contributed by atoms with Crippen molar-refractivity contribution in [3.8, 4) is 23.0 Å². The number of hydrogen-bond donors (Lipinski definition) is 0. The van der Waals surface area contributed by atoms with Crippen molar-refractivity contribution in [3.05, 3.63) is 59.9 Å². The fraction of sp³-hybridized carbons (Fsp3) is 0.286. The number of hydrogen-bond acceptors (Lipinski definition) is 7. The number of ether oxygens (including phenoxy) is 3. The molecule has 3 aromatic rings. The third kappa shape index (κ3) is 3.79. The summed E-state index contributed by atoms with van der Waals surface area (Å²) in [5.74, 6) is 1.72. The molecule has 1 fully saturated rings. The van der Waals surface area contributed by atoms with Gasteiger partial charge in [-0.1, -0.05) is 23.4 Å². The molecule has 0 bridgehead atoms. The number of rotatable bonds is 5. The molecule has 1 aromatic heterocycles. The number of morpholine rings is 1. The average molecular weight is 395 g/mol. The molecule has 0 N–H and O–H groups in total. The standard InChI is InChI=1S/C21H21N3O5/c1-26-17-9-8-15(12-18(17)27-2)21(25)24-10-11-28-13-16(24)19-22-20(29-23-19)14-6-4-3-5-7-14/h3-9,12,16H,10-11,13H2,1-2H3. The van der Waals surface area contributed by atoms with Gasteiger partial charge in [0.2, 0.25) is 0 Å². The largest absolute Gasteiger partial charge is 0.493 e. The minimum atomic E-state index is -0.439. The number of methoxy groups -OCH3 is 2. The second-order valence-electron chi connectivity index (χ2n) is 6.48. The Kier molecular flexibility index (Phi) is 5.44. The quantitative estimate of drug-likeness (QED) is 0.656. The van der Waals surface area contributed by atoms with E-state index >= 15 is 0 Å². The Morgan fingerprint density at radius 2 is 1.90 bits per heavy atom. The molecular weight excluding hydrogens is 374 g/mol. The zero-order valence-electron chi connectivity index (χ0n) is 16.2. The summed E-state index contributed by atoms with van der Waals surface area (Å²) < 4.78 is 21.6. The molecule has 0 spiro atoms. The van der Waals surface area contributed by atoms with Crippen LogP contribution in [0.25, 0.3) is 11.5 Å². The Bertz CT molecular complexity index is 989. The summed E-state index contributed by atoms with van der Waals surface area (Å²) in [7, 11) is 3.09. The highest BCUT2D eigenvalue weighted by Gasteiger charge is 2.33. The van der Waals surface area contributed by atoms with Crippen molar-refractivity contribution >= 4 is 5.91 Å². The lowest BCUT2D eigenvalue weighted by atomic mass is 10.1. The van der Waals surface area contributed by atoms with Crippen LogP contribution in [0.3, 0.4) is 0 Å². The molecule has 150 valence electrons. The van der Waals surface area contributed by atoms with Gasteiger partial charge in [-0.25, -0.2) is 0 Å². The Hall–Kier alpha value is -3.39. The molecule has 2 heterocycles. The molecule has 1 unspecified atom stereocenters. The predicted molar refractivity (Wildman–Crippen MR) is 104 cm³/mol. The highest BCUT2D eigenvalue weighted by atomic mass is 16.5. The van der Waals surface area contributed by atoms with E-state index in [4.69, 9.17) is 18.7 Å². The maximum absolute atomic E-state index is 13.2. The molecule has 8 heteroatoms. The molecule has 8 nitrogen and oxygen atoms in total. The van der Waals surface area contributed by atoms with Crippen LogP contribution in [-0.2, 0) is 4.74 Å². The fourth-order valence-electron chi connectivity index (χ4n) is 3.26. The number of amides is 1. The molecule has 0 saturated carbocycles. The van der Waals surface area contributed by atoms with Crippen molar-refractivity contribution in [2.45, 2.75) is 6.04 Å². The molecule has 0 radical (unpaired) electrons. The SMILES string of the molecule is COc1ccc(C(=O)N2CCOCC2c2noc(-c3ccccc3)n2)cc1OC. The maximum atomic E-state index is 13.2. The minimum Gasteiger partial charge on any atom is -0.493 e. The van der Waals surface area contributed by atoms with E-state index < -0.39 is 6.04 Å². The Balaban J connectivity index is 1.61. The first-order valence-electron chi connectivity index (χ1n) is 9.21. The number of benzene rings is 2. The predicted octanol–water partition coefficient (Wildman–Crippen LogP) is 2.97. The molecule has 1 aliphatic heterocycles. The number of aromatic nitrogens is 2. The van der Waals surface area contributed by atoms with Gasteiger partial charge in [0.05, 0.1) is 27.4 Å². The van der Waals surface area contributed by atoms with E-state index in [-0.39, 0.29) is 5.91 Å². The van der Waals surface area contributed by atoms with Crippen LogP contribution in [0.2, 0.25) is 0 Å². The van der Waals surface area contributed by atoms with Crippen LogP contribution in [0.1, 0.15) is 22.2 Å². The second-order valence-corrected chi connectivity index (χ2v) is 6.48. The van der Waals surface area contributed by atoms with Crippen molar-refractivity contribution in [3.63, 3.8) is 0 Å². The second kappa shape index (κ2) is 8.32. The van der Waals surface area contributed by atoms with Gasteiger partial charge >= 0.3 is 0 Å². The number of carbonyl (C=O) groups is 1. The molecule has 0 aliphatic carbocycles. The van der Waals surface area contributed by atoms with Gasteiger partial charge in [-0.2, -0.15) is 4.98 Å². The lowest BCUT2D eigenvalue weighted by Crippen LogP contribution is -2.43. The summed E-state index contributed by atoms with van der Waals surface area (Å²) in [5.41, 5.74) is 1.31. The zero-order chi connectivity index (χ0) is 20.2. The monoisotopic (exact) mass is 395 g/mol. The molecule has 1 saturated heterocycles. The van der Waals surface area contributed by atoms with Crippen LogP contribution in [0.4, 0.5) is 0 Å². The maximum Gasteiger partial charge on any atom is 0.257 e. The lowest BCUT2D eigenvalue weighted by molar-refractivity contribution is -0.00578. The summed E-state index contributed by atoms with van der Waals surface area (Å²) in [6, 6.07) is 14.1. The van der Waals surface area contributed by atoms with E-state index in [0.29, 0.717) is 48.5 Å². The molecule has 1 amide bonds. The molecule has 29 heavy (non-hydrogen) atoms. The number of carbonyl (C=O) groups excluding carboxylic acids is 1. The average Bonchev–Trinajstić information content (AvgIpc) is 3.29. The van der Waals surface area contributed by atoms with Gasteiger partial charge in [-0.15, -0.1) is 0 Å². The van der Waals surface area contributed by atoms with Gasteiger partial charge in [0.1, 0.15) is 6.04 Å². The van der Waals surface area contributed by atoms with Crippen molar-refractivity contribution < 1.29 is 23.5 Å². The Labute approximate surface area is 168 Å². The topological polar surface area (TPSA) is 86.9 Å². The first-order chi connectivity index (χ1) is 14.2. The summed E-state index contributed by atoms with van der Waals surface area (Å²) in [6.07, 6.45) is 0. The zero-order valence-corrected chi connectivity index (χ0v) is 16.2. The lowest BCUT2D eigenvalue weighted by Gasteiger charge is -2.33. The number of nitrogens with zero attached hydrogens (tertiary/aromatic N) is 3. The van der Waals surface area contributed by atoms with Crippen LogP contribution >= 0.6 is 0 Å². The van der Waals surface area contributed by atoms with E-state index in [9.17, 15) is 4.79 Å². The van der Waals surface area contributed by atoms with Crippen LogP contribution < -0.4 is 9.47 Å². The van der Waals surface area contributed by atoms with Gasteiger partial charge in [-0.05, 0) is 30.3 Å². The summed E-state index contributed by atoms with van der Waals surface area (Å²) in [5, 5.41) is 4.10. The van der Waals surface area contributed by atoms with E-state index in [1.54, 1.807) is 30.2 Å². The Morgan fingerprint density at radius 3 is 2.66 bits per heavy atom. The normalized spacial score (nSPS) is 16.5. The van der Waals surface area contributed by atoms with Crippen LogP contribution in [0.15, 0.2) is 53.1 Å². The summed E-state index contributed by atoms with van der Waals surface area (Å²) >= 11 is 0. The molecule has 1 aliphatic rings. The van der Waals surface area contributed by atoms with Crippen molar-refractivity contribution in [1.82, 2.24) is 15.0 Å². The fourth-order valence-corrected chi connectivity index (χ4v) is 3.26. The van der Waals surface area contributed by atoms with Crippen LogP contribution in [0, 0.1) is 0 Å². The minimum absolute atomic E-state index is 0.162.